The van der Waals surface area contributed by atoms with Crippen molar-refractivity contribution in [2.24, 2.45) is 0 Å². The number of benzene rings is 2. The van der Waals surface area contributed by atoms with Crippen LogP contribution in [0.1, 0.15) is 5.56 Å². The average Bonchev–Trinajstić information content (AvgIpc) is 2.98. The first-order valence-corrected chi connectivity index (χ1v) is 6.90. The average molecular weight is 257 g/mol. The summed E-state index contributed by atoms with van der Waals surface area (Å²) in [5, 5.41) is 2.65. The molecule has 0 spiro atoms. The van der Waals surface area contributed by atoms with Crippen molar-refractivity contribution < 1.29 is 0 Å². The topological polar surface area (TPSA) is 4.41 Å². The molecule has 0 saturated heterocycles. The second kappa shape index (κ2) is 4.24. The van der Waals surface area contributed by atoms with E-state index in [9.17, 15) is 0 Å². The van der Waals surface area contributed by atoms with E-state index in [0.717, 1.165) is 0 Å². The van der Waals surface area contributed by atoms with Crippen LogP contribution < -0.4 is 0 Å². The molecule has 4 aromatic rings. The Labute approximate surface area is 118 Å². The van der Waals surface area contributed by atoms with Crippen LogP contribution in [0.2, 0.25) is 0 Å². The van der Waals surface area contributed by atoms with E-state index < -0.39 is 0 Å². The molecule has 0 unspecified atom stereocenters. The first kappa shape index (κ1) is 11.3. The summed E-state index contributed by atoms with van der Waals surface area (Å²) in [6.45, 7) is 2.21. The zero-order chi connectivity index (χ0) is 13.5. The third-order valence-corrected chi connectivity index (χ3v) is 4.00. The molecule has 0 atom stereocenters. The Balaban J connectivity index is 2.24. The van der Waals surface area contributed by atoms with Gasteiger partial charge in [-0.3, -0.25) is 0 Å². The predicted molar refractivity (Wildman–Crippen MR) is 85.1 cm³/mol. The molecule has 0 saturated carbocycles. The van der Waals surface area contributed by atoms with E-state index in [-0.39, 0.29) is 0 Å². The van der Waals surface area contributed by atoms with Gasteiger partial charge in [0.25, 0.3) is 0 Å². The lowest BCUT2D eigenvalue weighted by molar-refractivity contribution is 1.19. The van der Waals surface area contributed by atoms with Crippen LogP contribution in [0.4, 0.5) is 0 Å². The highest BCUT2D eigenvalue weighted by molar-refractivity contribution is 6.01. The number of pyridine rings is 1. The van der Waals surface area contributed by atoms with Gasteiger partial charge >= 0.3 is 0 Å². The van der Waals surface area contributed by atoms with Gasteiger partial charge in [-0.25, -0.2) is 0 Å². The Hall–Kier alpha value is -2.54. The lowest BCUT2D eigenvalue weighted by Gasteiger charge is -2.14. The van der Waals surface area contributed by atoms with Crippen molar-refractivity contribution in [3.05, 3.63) is 78.5 Å². The Morgan fingerprint density at radius 3 is 2.20 bits per heavy atom. The molecule has 2 aromatic carbocycles. The molecule has 2 aromatic heterocycles. The Morgan fingerprint density at radius 2 is 1.40 bits per heavy atom. The van der Waals surface area contributed by atoms with E-state index in [1.54, 1.807) is 0 Å². The molecule has 0 fully saturated rings. The lowest BCUT2D eigenvalue weighted by atomic mass is 9.99. The Bertz CT molecular complexity index is 901. The maximum atomic E-state index is 2.30. The largest absolute Gasteiger partial charge is 0.316 e. The van der Waals surface area contributed by atoms with E-state index in [1.165, 1.54) is 33.1 Å². The van der Waals surface area contributed by atoms with Gasteiger partial charge in [-0.1, -0.05) is 54.6 Å². The van der Waals surface area contributed by atoms with Crippen LogP contribution in [0.3, 0.4) is 0 Å². The SMILES string of the molecule is Cc1c(-c2ccccc2)n2cccc2c2ccccc12. The highest BCUT2D eigenvalue weighted by Crippen LogP contribution is 2.32. The van der Waals surface area contributed by atoms with Crippen LogP contribution in [0, 0.1) is 6.92 Å². The van der Waals surface area contributed by atoms with Gasteiger partial charge in [0.15, 0.2) is 0 Å². The van der Waals surface area contributed by atoms with Crippen molar-refractivity contribution in [2.75, 3.05) is 0 Å². The summed E-state index contributed by atoms with van der Waals surface area (Å²) in [5.74, 6) is 0. The third kappa shape index (κ3) is 1.50. The first-order valence-electron chi connectivity index (χ1n) is 6.90. The van der Waals surface area contributed by atoms with Crippen molar-refractivity contribution >= 4 is 16.3 Å². The first-order chi connectivity index (χ1) is 9.86. The van der Waals surface area contributed by atoms with Crippen molar-refractivity contribution in [3.8, 4) is 11.3 Å². The molecule has 1 nitrogen and oxygen atoms in total. The molecule has 0 aliphatic rings. The monoisotopic (exact) mass is 257 g/mol. The van der Waals surface area contributed by atoms with Crippen LogP contribution in [0.25, 0.3) is 27.5 Å². The summed E-state index contributed by atoms with van der Waals surface area (Å²) >= 11 is 0. The lowest BCUT2D eigenvalue weighted by Crippen LogP contribution is -1.96. The van der Waals surface area contributed by atoms with Crippen LogP contribution in [0.15, 0.2) is 72.9 Å². The summed E-state index contributed by atoms with van der Waals surface area (Å²) in [6, 6.07) is 23.6. The van der Waals surface area contributed by atoms with Crippen LogP contribution >= 0.6 is 0 Å². The van der Waals surface area contributed by atoms with E-state index in [4.69, 9.17) is 0 Å². The number of hydrogen-bond donors (Lipinski definition) is 0. The summed E-state index contributed by atoms with van der Waals surface area (Å²) in [6.07, 6.45) is 2.15. The van der Waals surface area contributed by atoms with Crippen molar-refractivity contribution in [1.82, 2.24) is 4.40 Å². The smallest absolute Gasteiger partial charge is 0.0563 e. The highest BCUT2D eigenvalue weighted by Gasteiger charge is 2.11. The molecule has 0 N–H and O–H groups in total. The second-order valence-corrected chi connectivity index (χ2v) is 5.15. The minimum Gasteiger partial charge on any atom is -0.316 e. The van der Waals surface area contributed by atoms with Gasteiger partial charge in [0, 0.05) is 11.6 Å². The normalized spacial score (nSPS) is 11.2. The Kier molecular flexibility index (Phi) is 2.40. The molecular formula is C19H15N. The zero-order valence-electron chi connectivity index (χ0n) is 11.4. The minimum atomic E-state index is 1.26. The van der Waals surface area contributed by atoms with Gasteiger partial charge in [-0.15, -0.1) is 0 Å². The maximum Gasteiger partial charge on any atom is 0.0563 e. The molecule has 2 heterocycles. The van der Waals surface area contributed by atoms with Gasteiger partial charge < -0.3 is 4.40 Å². The molecule has 96 valence electrons. The van der Waals surface area contributed by atoms with Crippen LogP contribution in [-0.4, -0.2) is 4.40 Å². The molecule has 0 amide bonds. The van der Waals surface area contributed by atoms with Crippen LogP contribution in [0.5, 0.6) is 0 Å². The molecule has 1 heteroatoms. The van der Waals surface area contributed by atoms with E-state index in [0.29, 0.717) is 0 Å². The van der Waals surface area contributed by atoms with E-state index in [1.807, 2.05) is 0 Å². The summed E-state index contributed by atoms with van der Waals surface area (Å²) < 4.78 is 2.30. The van der Waals surface area contributed by atoms with Gasteiger partial charge in [0.1, 0.15) is 0 Å². The maximum absolute atomic E-state index is 2.30. The van der Waals surface area contributed by atoms with Gasteiger partial charge in [0.2, 0.25) is 0 Å². The molecular weight excluding hydrogens is 242 g/mol. The summed E-state index contributed by atoms with van der Waals surface area (Å²) in [4.78, 5) is 0. The van der Waals surface area contributed by atoms with Crippen molar-refractivity contribution in [2.45, 2.75) is 6.92 Å². The fraction of sp³-hybridized carbons (Fsp3) is 0.0526. The van der Waals surface area contributed by atoms with E-state index in [2.05, 4.69) is 84.3 Å². The van der Waals surface area contributed by atoms with E-state index >= 15 is 0 Å². The number of fused-ring (bicyclic) bond motifs is 3. The van der Waals surface area contributed by atoms with Crippen molar-refractivity contribution in [3.63, 3.8) is 0 Å². The van der Waals surface area contributed by atoms with Crippen molar-refractivity contribution in [1.29, 1.82) is 0 Å². The minimum absolute atomic E-state index is 1.26. The third-order valence-electron chi connectivity index (χ3n) is 4.00. The zero-order valence-corrected chi connectivity index (χ0v) is 11.4. The molecule has 4 rings (SSSR count). The molecule has 0 aliphatic heterocycles. The fourth-order valence-electron chi connectivity index (χ4n) is 3.09. The summed E-state index contributed by atoms with van der Waals surface area (Å²) in [5.41, 5.74) is 5.14. The Morgan fingerprint density at radius 1 is 0.700 bits per heavy atom. The second-order valence-electron chi connectivity index (χ2n) is 5.15. The fourth-order valence-corrected chi connectivity index (χ4v) is 3.09. The van der Waals surface area contributed by atoms with Gasteiger partial charge in [-0.05, 0) is 35.6 Å². The standard InChI is InChI=1S/C19H15N/c1-14-16-10-5-6-11-17(16)18-12-7-13-20(18)19(14)15-8-3-2-4-9-15/h2-13H,1H3. The molecule has 0 aliphatic carbocycles. The number of rotatable bonds is 1. The molecule has 0 bridgehead atoms. The van der Waals surface area contributed by atoms with Gasteiger partial charge in [-0.2, -0.15) is 0 Å². The number of hydrogen-bond acceptors (Lipinski definition) is 0. The number of aromatic nitrogens is 1. The molecule has 0 radical (unpaired) electrons. The summed E-state index contributed by atoms with van der Waals surface area (Å²) in [7, 11) is 0. The molecule has 20 heavy (non-hydrogen) atoms. The number of nitrogens with zero attached hydrogens (tertiary/aromatic N) is 1. The predicted octanol–water partition coefficient (Wildman–Crippen LogP) is 5.07. The highest BCUT2D eigenvalue weighted by atomic mass is 14.9. The van der Waals surface area contributed by atoms with Crippen LogP contribution in [-0.2, 0) is 0 Å². The van der Waals surface area contributed by atoms with Gasteiger partial charge in [0.05, 0.1) is 11.2 Å². The quantitative estimate of drug-likeness (QED) is 0.448. The number of aryl methyl sites for hydroxylation is 1.